The highest BCUT2D eigenvalue weighted by Crippen LogP contribution is 2.15. The van der Waals surface area contributed by atoms with E-state index < -0.39 is 6.10 Å². The highest BCUT2D eigenvalue weighted by molar-refractivity contribution is 5.93. The molecular formula is C18H23N3O4. The van der Waals surface area contributed by atoms with Gasteiger partial charge in [0.2, 0.25) is 0 Å². The maximum Gasteiger partial charge on any atom is 0.330 e. The molecule has 1 fully saturated rings. The number of imidazole rings is 1. The Morgan fingerprint density at radius 3 is 2.84 bits per heavy atom. The van der Waals surface area contributed by atoms with Gasteiger partial charge in [-0.3, -0.25) is 9.36 Å². The Hall–Kier alpha value is -2.38. The van der Waals surface area contributed by atoms with Crippen molar-refractivity contribution < 1.29 is 14.3 Å². The fraction of sp³-hybridized carbons (Fsp3) is 0.444. The first-order valence-corrected chi connectivity index (χ1v) is 8.54. The van der Waals surface area contributed by atoms with Crippen LogP contribution in [0, 0.1) is 0 Å². The minimum atomic E-state index is -0.558. The number of carbonyl (C=O) groups is 1. The maximum absolute atomic E-state index is 12.2. The van der Waals surface area contributed by atoms with E-state index in [1.54, 1.807) is 43.6 Å². The molecule has 7 nitrogen and oxygen atoms in total. The summed E-state index contributed by atoms with van der Waals surface area (Å²) in [6, 6.07) is 7.05. The second kappa shape index (κ2) is 8.13. The van der Waals surface area contributed by atoms with Gasteiger partial charge in [-0.1, -0.05) is 0 Å². The summed E-state index contributed by atoms with van der Waals surface area (Å²) in [5.74, 6) is -0.206. The summed E-state index contributed by atoms with van der Waals surface area (Å²) < 4.78 is 12.7. The minimum absolute atomic E-state index is 0.0861. The number of nitrogens with one attached hydrogen (secondary N) is 2. The Bertz CT molecular complexity index is 744. The molecule has 1 aliphatic rings. The van der Waals surface area contributed by atoms with Crippen molar-refractivity contribution >= 4 is 11.6 Å². The molecule has 1 aromatic carbocycles. The van der Waals surface area contributed by atoms with Gasteiger partial charge in [-0.25, -0.2) is 4.79 Å². The van der Waals surface area contributed by atoms with E-state index in [1.807, 2.05) is 0 Å². The van der Waals surface area contributed by atoms with Crippen LogP contribution in [0.3, 0.4) is 0 Å². The van der Waals surface area contributed by atoms with Gasteiger partial charge in [0.25, 0.3) is 5.91 Å². The Kier molecular flexibility index (Phi) is 5.67. The molecule has 0 unspecified atom stereocenters. The van der Waals surface area contributed by atoms with Gasteiger partial charge in [0.05, 0.1) is 18.4 Å². The molecule has 0 spiro atoms. The number of anilines is 1. The van der Waals surface area contributed by atoms with Gasteiger partial charge < -0.3 is 19.8 Å². The summed E-state index contributed by atoms with van der Waals surface area (Å²) >= 11 is 0. The number of aromatic nitrogens is 2. The van der Waals surface area contributed by atoms with Crippen molar-refractivity contribution in [3.05, 3.63) is 47.1 Å². The van der Waals surface area contributed by atoms with Crippen LogP contribution in [-0.4, -0.2) is 40.9 Å². The second-order valence-electron chi connectivity index (χ2n) is 6.14. The molecule has 7 heteroatoms. The van der Waals surface area contributed by atoms with Gasteiger partial charge >= 0.3 is 5.69 Å². The summed E-state index contributed by atoms with van der Waals surface area (Å²) in [7, 11) is 0. The third kappa shape index (κ3) is 4.58. The molecule has 3 rings (SSSR count). The van der Waals surface area contributed by atoms with Crippen molar-refractivity contribution in [3.63, 3.8) is 0 Å². The van der Waals surface area contributed by atoms with Crippen LogP contribution in [0.4, 0.5) is 5.69 Å². The first kappa shape index (κ1) is 17.4. The number of rotatable bonds is 6. The minimum Gasteiger partial charge on any atom is -0.376 e. The Morgan fingerprint density at radius 1 is 1.40 bits per heavy atom. The van der Waals surface area contributed by atoms with Gasteiger partial charge in [-0.15, -0.1) is 0 Å². The summed E-state index contributed by atoms with van der Waals surface area (Å²) in [5, 5.41) is 2.82. The first-order chi connectivity index (χ1) is 12.1. The second-order valence-corrected chi connectivity index (χ2v) is 6.14. The summed E-state index contributed by atoms with van der Waals surface area (Å²) in [5.41, 5.74) is 1.17. The van der Waals surface area contributed by atoms with Crippen LogP contribution in [0.2, 0.25) is 0 Å². The fourth-order valence-electron chi connectivity index (χ4n) is 2.74. The Labute approximate surface area is 146 Å². The van der Waals surface area contributed by atoms with Crippen molar-refractivity contribution in [1.82, 2.24) is 9.55 Å². The van der Waals surface area contributed by atoms with E-state index in [0.717, 1.165) is 31.6 Å². The highest BCUT2D eigenvalue weighted by Gasteiger charge is 2.19. The largest absolute Gasteiger partial charge is 0.376 e. The lowest BCUT2D eigenvalue weighted by Gasteiger charge is -2.23. The number of carbonyl (C=O) groups excluding carboxylic acids is 1. The number of aromatic amines is 1. The van der Waals surface area contributed by atoms with Gasteiger partial charge in [-0.2, -0.15) is 0 Å². The fourth-order valence-corrected chi connectivity index (χ4v) is 2.74. The lowest BCUT2D eigenvalue weighted by molar-refractivity contribution is -0.130. The first-order valence-electron chi connectivity index (χ1n) is 8.54. The van der Waals surface area contributed by atoms with E-state index in [4.69, 9.17) is 9.47 Å². The Balaban J connectivity index is 1.51. The number of ether oxygens (including phenoxy) is 2. The number of H-pyrrole nitrogens is 1. The molecule has 134 valence electrons. The van der Waals surface area contributed by atoms with Crippen molar-refractivity contribution in [2.75, 3.05) is 18.5 Å². The van der Waals surface area contributed by atoms with E-state index in [9.17, 15) is 9.59 Å². The van der Waals surface area contributed by atoms with E-state index in [0.29, 0.717) is 12.3 Å². The lowest BCUT2D eigenvalue weighted by Crippen LogP contribution is -2.32. The summed E-state index contributed by atoms with van der Waals surface area (Å²) in [4.78, 5) is 26.4. The monoisotopic (exact) mass is 345 g/mol. The zero-order valence-corrected chi connectivity index (χ0v) is 14.2. The van der Waals surface area contributed by atoms with E-state index in [2.05, 4.69) is 10.3 Å². The molecule has 2 heterocycles. The molecule has 25 heavy (non-hydrogen) atoms. The average molecular weight is 345 g/mol. The average Bonchev–Trinajstić information content (AvgIpc) is 3.07. The molecule has 2 atom stereocenters. The Morgan fingerprint density at radius 2 is 2.20 bits per heavy atom. The van der Waals surface area contributed by atoms with Crippen molar-refractivity contribution in [2.45, 2.75) is 38.4 Å². The van der Waals surface area contributed by atoms with E-state index in [1.165, 1.54) is 4.57 Å². The molecule has 0 aliphatic carbocycles. The van der Waals surface area contributed by atoms with Crippen LogP contribution in [0.15, 0.2) is 41.5 Å². The molecule has 0 radical (unpaired) electrons. The number of nitrogens with zero attached hydrogens (tertiary/aromatic N) is 1. The topological polar surface area (TPSA) is 85.3 Å². The lowest BCUT2D eigenvalue weighted by atomic mass is 10.1. The quantitative estimate of drug-likeness (QED) is 0.839. The highest BCUT2D eigenvalue weighted by atomic mass is 16.5. The molecular weight excluding hydrogens is 322 g/mol. The molecule has 0 bridgehead atoms. The van der Waals surface area contributed by atoms with Gasteiger partial charge in [0.15, 0.2) is 0 Å². The number of hydrogen-bond donors (Lipinski definition) is 2. The predicted octanol–water partition coefficient (Wildman–Crippen LogP) is 2.08. The summed E-state index contributed by atoms with van der Waals surface area (Å²) in [6.45, 7) is 2.93. The van der Waals surface area contributed by atoms with Crippen LogP contribution in [-0.2, 0) is 14.3 Å². The molecule has 1 aliphatic heterocycles. The third-order valence-electron chi connectivity index (χ3n) is 4.24. The molecule has 0 saturated carbocycles. The smallest absolute Gasteiger partial charge is 0.330 e. The van der Waals surface area contributed by atoms with E-state index >= 15 is 0 Å². The summed E-state index contributed by atoms with van der Waals surface area (Å²) in [6.07, 6.45) is 5.98. The van der Waals surface area contributed by atoms with Crippen LogP contribution in [0.1, 0.15) is 26.2 Å². The molecule has 1 saturated heterocycles. The zero-order valence-electron chi connectivity index (χ0n) is 14.2. The van der Waals surface area contributed by atoms with Gasteiger partial charge in [-0.05, 0) is 50.5 Å². The number of hydrogen-bond acceptors (Lipinski definition) is 4. The standard InChI is InChI=1S/C18H23N3O4/c1-13(25-12-16-4-2-3-11-24-16)17(22)20-14-5-7-15(8-6-14)21-10-9-19-18(21)23/h5-10,13,16H,2-4,11-12H2,1H3,(H,19,23)(H,20,22)/t13-,16+/m0/s1. The maximum atomic E-state index is 12.2. The number of amides is 1. The third-order valence-corrected chi connectivity index (χ3v) is 4.24. The van der Waals surface area contributed by atoms with Gasteiger partial charge in [0.1, 0.15) is 6.10 Å². The van der Waals surface area contributed by atoms with Gasteiger partial charge in [0, 0.05) is 24.7 Å². The van der Waals surface area contributed by atoms with Crippen LogP contribution in [0.5, 0.6) is 0 Å². The van der Waals surface area contributed by atoms with E-state index in [-0.39, 0.29) is 17.7 Å². The van der Waals surface area contributed by atoms with Crippen molar-refractivity contribution in [2.24, 2.45) is 0 Å². The van der Waals surface area contributed by atoms with Crippen LogP contribution >= 0.6 is 0 Å². The number of benzene rings is 1. The van der Waals surface area contributed by atoms with Crippen molar-refractivity contribution in [1.29, 1.82) is 0 Å². The molecule has 1 amide bonds. The zero-order chi connectivity index (χ0) is 17.6. The van der Waals surface area contributed by atoms with Crippen LogP contribution < -0.4 is 11.0 Å². The SMILES string of the molecule is C[C@H](OC[C@H]1CCCCO1)C(=O)Nc1ccc(-n2cc[nH]c2=O)cc1. The van der Waals surface area contributed by atoms with Crippen molar-refractivity contribution in [3.8, 4) is 5.69 Å². The molecule has 2 N–H and O–H groups in total. The predicted molar refractivity (Wildman–Crippen MR) is 94.0 cm³/mol. The molecule has 2 aromatic rings. The van der Waals surface area contributed by atoms with Crippen LogP contribution in [0.25, 0.3) is 5.69 Å². The normalized spacial score (nSPS) is 18.7. The molecule has 1 aromatic heterocycles.